The van der Waals surface area contributed by atoms with Crippen molar-refractivity contribution in [2.45, 2.75) is 39.2 Å². The zero-order valence-electron chi connectivity index (χ0n) is 6.51. The van der Waals surface area contributed by atoms with Crippen LogP contribution in [0.5, 0.6) is 0 Å². The summed E-state index contributed by atoms with van der Waals surface area (Å²) in [6.07, 6.45) is -0.538. The number of ether oxygens (including phenoxy) is 1. The summed E-state index contributed by atoms with van der Waals surface area (Å²) < 4.78 is 17.3. The van der Waals surface area contributed by atoms with E-state index in [-0.39, 0.29) is 19.1 Å². The highest BCUT2D eigenvalue weighted by Gasteiger charge is 2.06. The van der Waals surface area contributed by atoms with Gasteiger partial charge in [0.15, 0.2) is 6.36 Å². The van der Waals surface area contributed by atoms with Crippen LogP contribution in [0.2, 0.25) is 0 Å². The van der Waals surface area contributed by atoms with Crippen LogP contribution >= 0.6 is 0 Å². The molecule has 0 aromatic carbocycles. The Morgan fingerprint density at radius 1 is 1.50 bits per heavy atom. The van der Waals surface area contributed by atoms with Crippen LogP contribution in [0.15, 0.2) is 0 Å². The van der Waals surface area contributed by atoms with E-state index in [0.717, 1.165) is 0 Å². The first-order valence-corrected chi connectivity index (χ1v) is 3.57. The number of rotatable bonds is 5. The summed E-state index contributed by atoms with van der Waals surface area (Å²) >= 11 is 0. The maximum absolute atomic E-state index is 12.5. The third kappa shape index (κ3) is 5.98. The van der Waals surface area contributed by atoms with E-state index >= 15 is 0 Å². The van der Waals surface area contributed by atoms with Gasteiger partial charge in [0, 0.05) is 13.0 Å². The molecule has 0 aliphatic rings. The fourth-order valence-electron chi connectivity index (χ4n) is 0.615. The van der Waals surface area contributed by atoms with E-state index in [1.165, 1.54) is 0 Å². The summed E-state index contributed by atoms with van der Waals surface area (Å²) in [5.41, 5.74) is 0. The van der Waals surface area contributed by atoms with Gasteiger partial charge in [-0.05, 0) is 20.3 Å². The van der Waals surface area contributed by atoms with Crippen LogP contribution < -0.4 is 0 Å². The van der Waals surface area contributed by atoms with Gasteiger partial charge >= 0.3 is 0 Å². The summed E-state index contributed by atoms with van der Waals surface area (Å²) in [4.78, 5) is 0. The quantitative estimate of drug-likeness (QED) is 0.643. The summed E-state index contributed by atoms with van der Waals surface area (Å²) in [7, 11) is 0. The average Bonchev–Trinajstić information content (AvgIpc) is 1.82. The number of aliphatic hydroxyl groups is 1. The van der Waals surface area contributed by atoms with Crippen LogP contribution in [0.4, 0.5) is 4.39 Å². The molecule has 0 saturated carbocycles. The Balaban J connectivity index is 3.16. The van der Waals surface area contributed by atoms with Gasteiger partial charge in [-0.15, -0.1) is 0 Å². The van der Waals surface area contributed by atoms with E-state index in [1.807, 2.05) is 0 Å². The molecular weight excluding hydrogens is 135 g/mol. The van der Waals surface area contributed by atoms with Gasteiger partial charge < -0.3 is 9.84 Å². The van der Waals surface area contributed by atoms with E-state index in [9.17, 15) is 4.39 Å². The second-order valence-electron chi connectivity index (χ2n) is 2.46. The maximum atomic E-state index is 12.5. The number of alkyl halides is 1. The lowest BCUT2D eigenvalue weighted by Gasteiger charge is -2.11. The van der Waals surface area contributed by atoms with Crippen molar-refractivity contribution in [3.8, 4) is 0 Å². The summed E-state index contributed by atoms with van der Waals surface area (Å²) in [6, 6.07) is 0. The highest BCUT2D eigenvalue weighted by molar-refractivity contribution is 4.45. The van der Waals surface area contributed by atoms with Gasteiger partial charge in [0.25, 0.3) is 0 Å². The van der Waals surface area contributed by atoms with Gasteiger partial charge in [0.2, 0.25) is 0 Å². The molecule has 0 spiro atoms. The topological polar surface area (TPSA) is 29.5 Å². The Hall–Kier alpha value is -0.150. The molecular formula is C7H15FO2. The number of hydrogen-bond acceptors (Lipinski definition) is 2. The number of halogens is 1. The molecule has 0 aliphatic heterocycles. The van der Waals surface area contributed by atoms with Crippen LogP contribution in [0, 0.1) is 0 Å². The van der Waals surface area contributed by atoms with E-state index < -0.39 is 6.36 Å². The normalized spacial score (nSPS) is 14.1. The summed E-state index contributed by atoms with van der Waals surface area (Å²) in [5, 5.41) is 8.33. The van der Waals surface area contributed by atoms with Crippen LogP contribution in [0.3, 0.4) is 0 Å². The first-order valence-electron chi connectivity index (χ1n) is 3.57. The molecule has 1 atom stereocenters. The van der Waals surface area contributed by atoms with Gasteiger partial charge in [0.1, 0.15) is 0 Å². The minimum absolute atomic E-state index is 0.0296. The van der Waals surface area contributed by atoms with Gasteiger partial charge in [-0.3, -0.25) is 0 Å². The van der Waals surface area contributed by atoms with Crippen molar-refractivity contribution in [3.05, 3.63) is 0 Å². The summed E-state index contributed by atoms with van der Waals surface area (Å²) in [5.74, 6) is 0. The SMILES string of the molecule is CC(C)OC(F)CCCO. The fraction of sp³-hybridized carbons (Fsp3) is 1.00. The monoisotopic (exact) mass is 150 g/mol. The van der Waals surface area contributed by atoms with E-state index in [0.29, 0.717) is 6.42 Å². The van der Waals surface area contributed by atoms with Crippen molar-refractivity contribution in [2.75, 3.05) is 6.61 Å². The lowest BCUT2D eigenvalue weighted by molar-refractivity contribution is -0.0776. The average molecular weight is 150 g/mol. The lowest BCUT2D eigenvalue weighted by Crippen LogP contribution is -2.13. The molecule has 0 aliphatic carbocycles. The molecule has 0 bridgehead atoms. The van der Waals surface area contributed by atoms with Crippen molar-refractivity contribution >= 4 is 0 Å². The predicted octanol–water partition coefficient (Wildman–Crippen LogP) is 1.48. The van der Waals surface area contributed by atoms with Crippen LogP contribution in [-0.4, -0.2) is 24.2 Å². The minimum Gasteiger partial charge on any atom is -0.396 e. The zero-order valence-corrected chi connectivity index (χ0v) is 6.51. The van der Waals surface area contributed by atoms with Crippen molar-refractivity contribution in [3.63, 3.8) is 0 Å². The Kier molecular flexibility index (Phi) is 5.54. The molecule has 0 fully saturated rings. The third-order valence-electron chi connectivity index (χ3n) is 1.01. The van der Waals surface area contributed by atoms with Gasteiger partial charge in [-0.25, -0.2) is 4.39 Å². The van der Waals surface area contributed by atoms with Crippen molar-refractivity contribution in [2.24, 2.45) is 0 Å². The van der Waals surface area contributed by atoms with Gasteiger partial charge in [-0.2, -0.15) is 0 Å². The van der Waals surface area contributed by atoms with Crippen molar-refractivity contribution in [1.29, 1.82) is 0 Å². The number of hydrogen-bond donors (Lipinski definition) is 1. The smallest absolute Gasteiger partial charge is 0.199 e. The lowest BCUT2D eigenvalue weighted by atomic mass is 10.3. The zero-order chi connectivity index (χ0) is 7.98. The highest BCUT2D eigenvalue weighted by Crippen LogP contribution is 2.05. The molecule has 0 aromatic heterocycles. The van der Waals surface area contributed by atoms with E-state index in [2.05, 4.69) is 0 Å². The molecule has 0 saturated heterocycles. The van der Waals surface area contributed by atoms with E-state index in [4.69, 9.17) is 9.84 Å². The Morgan fingerprint density at radius 2 is 2.10 bits per heavy atom. The van der Waals surface area contributed by atoms with Crippen LogP contribution in [0.1, 0.15) is 26.7 Å². The molecule has 0 heterocycles. The third-order valence-corrected chi connectivity index (χ3v) is 1.01. The van der Waals surface area contributed by atoms with Crippen molar-refractivity contribution in [1.82, 2.24) is 0 Å². The first kappa shape index (κ1) is 9.85. The molecule has 0 amide bonds. The number of aliphatic hydroxyl groups excluding tert-OH is 1. The molecule has 1 N–H and O–H groups in total. The van der Waals surface area contributed by atoms with Crippen LogP contribution in [0.25, 0.3) is 0 Å². The molecule has 0 aromatic rings. The Bertz CT molecular complexity index is 76.0. The fourth-order valence-corrected chi connectivity index (χ4v) is 0.615. The van der Waals surface area contributed by atoms with E-state index in [1.54, 1.807) is 13.8 Å². The second kappa shape index (κ2) is 5.62. The molecule has 2 nitrogen and oxygen atoms in total. The summed E-state index contributed by atoms with van der Waals surface area (Å²) in [6.45, 7) is 3.60. The molecule has 10 heavy (non-hydrogen) atoms. The molecule has 0 rings (SSSR count). The Labute approximate surface area is 61.0 Å². The van der Waals surface area contributed by atoms with Crippen LogP contribution in [-0.2, 0) is 4.74 Å². The van der Waals surface area contributed by atoms with Gasteiger partial charge in [0.05, 0.1) is 6.10 Å². The second-order valence-corrected chi connectivity index (χ2v) is 2.46. The minimum atomic E-state index is -1.22. The van der Waals surface area contributed by atoms with Gasteiger partial charge in [-0.1, -0.05) is 0 Å². The molecule has 62 valence electrons. The maximum Gasteiger partial charge on any atom is 0.199 e. The predicted molar refractivity (Wildman–Crippen MR) is 37.4 cm³/mol. The largest absolute Gasteiger partial charge is 0.396 e. The molecule has 3 heteroatoms. The molecule has 1 unspecified atom stereocenters. The first-order chi connectivity index (χ1) is 4.66. The Morgan fingerprint density at radius 3 is 2.50 bits per heavy atom. The van der Waals surface area contributed by atoms with Crippen molar-refractivity contribution < 1.29 is 14.2 Å². The molecule has 0 radical (unpaired) electrons. The highest BCUT2D eigenvalue weighted by atomic mass is 19.1. The standard InChI is InChI=1S/C7H15FO2/c1-6(2)10-7(8)4-3-5-9/h6-7,9H,3-5H2,1-2H3.